The highest BCUT2D eigenvalue weighted by molar-refractivity contribution is 5.94. The van der Waals surface area contributed by atoms with Crippen molar-refractivity contribution in [2.75, 3.05) is 13.7 Å². The summed E-state index contributed by atoms with van der Waals surface area (Å²) in [6.07, 6.45) is 0.937. The van der Waals surface area contributed by atoms with Crippen LogP contribution in [0.1, 0.15) is 24.3 Å². The standard InChI is InChI=1S/C13H15NO4/c1-17-13(16)8-11(12-6-7-18-14-12)9-2-4-10(15)5-3-9/h2-5,11,15H,6-8H2,1H3. The van der Waals surface area contributed by atoms with E-state index in [1.165, 1.54) is 7.11 Å². The zero-order valence-electron chi connectivity index (χ0n) is 10.1. The summed E-state index contributed by atoms with van der Waals surface area (Å²) in [6, 6.07) is 6.75. The second-order valence-corrected chi connectivity index (χ2v) is 4.09. The lowest BCUT2D eigenvalue weighted by molar-refractivity contribution is -0.140. The molecule has 0 bridgehead atoms. The lowest BCUT2D eigenvalue weighted by Gasteiger charge is -2.15. The lowest BCUT2D eigenvalue weighted by Crippen LogP contribution is -2.16. The topological polar surface area (TPSA) is 68.1 Å². The Kier molecular flexibility index (Phi) is 3.82. The maximum absolute atomic E-state index is 11.5. The minimum atomic E-state index is -0.289. The largest absolute Gasteiger partial charge is 0.508 e. The van der Waals surface area contributed by atoms with Gasteiger partial charge in [0, 0.05) is 12.3 Å². The first-order valence-corrected chi connectivity index (χ1v) is 5.75. The van der Waals surface area contributed by atoms with Crippen LogP contribution in [-0.4, -0.2) is 30.5 Å². The summed E-state index contributed by atoms with van der Waals surface area (Å²) in [6.45, 7) is 0.547. The van der Waals surface area contributed by atoms with E-state index in [4.69, 9.17) is 9.57 Å². The minimum absolute atomic E-state index is 0.152. The van der Waals surface area contributed by atoms with Gasteiger partial charge in [-0.2, -0.15) is 0 Å². The van der Waals surface area contributed by atoms with Crippen molar-refractivity contribution < 1.29 is 19.5 Å². The average molecular weight is 249 g/mol. The Bertz CT molecular complexity index is 453. The summed E-state index contributed by atoms with van der Waals surface area (Å²) >= 11 is 0. The molecule has 1 heterocycles. The molecule has 0 saturated heterocycles. The highest BCUT2D eigenvalue weighted by Crippen LogP contribution is 2.27. The Hall–Kier alpha value is -2.04. The van der Waals surface area contributed by atoms with Crippen molar-refractivity contribution in [1.82, 2.24) is 0 Å². The molecule has 2 rings (SSSR count). The zero-order valence-corrected chi connectivity index (χ0v) is 10.1. The fourth-order valence-corrected chi connectivity index (χ4v) is 1.95. The summed E-state index contributed by atoms with van der Waals surface area (Å²) in [5, 5.41) is 13.3. The summed E-state index contributed by atoms with van der Waals surface area (Å²) in [5.74, 6) is -0.247. The molecule has 1 atom stereocenters. The smallest absolute Gasteiger partial charge is 0.306 e. The molecular formula is C13H15NO4. The molecule has 5 nitrogen and oxygen atoms in total. The van der Waals surface area contributed by atoms with Gasteiger partial charge in [-0.05, 0) is 17.7 Å². The van der Waals surface area contributed by atoms with Crippen molar-refractivity contribution >= 4 is 11.7 Å². The Morgan fingerprint density at radius 1 is 1.50 bits per heavy atom. The van der Waals surface area contributed by atoms with Crippen LogP contribution in [-0.2, 0) is 14.4 Å². The molecule has 1 unspecified atom stereocenters. The van der Waals surface area contributed by atoms with Gasteiger partial charge >= 0.3 is 5.97 Å². The summed E-state index contributed by atoms with van der Waals surface area (Å²) in [5.41, 5.74) is 1.76. The van der Waals surface area contributed by atoms with Gasteiger partial charge in [-0.15, -0.1) is 0 Å². The molecule has 1 aromatic carbocycles. The van der Waals surface area contributed by atoms with Crippen LogP contribution in [0.3, 0.4) is 0 Å². The van der Waals surface area contributed by atoms with Crippen molar-refractivity contribution in [3.8, 4) is 5.75 Å². The molecule has 1 aliphatic heterocycles. The van der Waals surface area contributed by atoms with Crippen molar-refractivity contribution in [1.29, 1.82) is 0 Å². The number of ether oxygens (including phenoxy) is 1. The molecular weight excluding hydrogens is 234 g/mol. The van der Waals surface area contributed by atoms with E-state index in [0.717, 1.165) is 11.3 Å². The molecule has 18 heavy (non-hydrogen) atoms. The number of carbonyl (C=O) groups is 1. The second kappa shape index (κ2) is 5.53. The van der Waals surface area contributed by atoms with Gasteiger partial charge in [-0.1, -0.05) is 17.3 Å². The number of aromatic hydroxyl groups is 1. The Morgan fingerprint density at radius 3 is 2.78 bits per heavy atom. The number of rotatable bonds is 4. The quantitative estimate of drug-likeness (QED) is 0.826. The third-order valence-electron chi connectivity index (χ3n) is 2.93. The number of nitrogens with zero attached hydrogens (tertiary/aromatic N) is 1. The first-order valence-electron chi connectivity index (χ1n) is 5.75. The number of hydrogen-bond donors (Lipinski definition) is 1. The molecule has 0 spiro atoms. The first kappa shape index (κ1) is 12.4. The normalized spacial score (nSPS) is 15.7. The number of carbonyl (C=O) groups excluding carboxylic acids is 1. The Balaban J connectivity index is 2.23. The number of esters is 1. The van der Waals surface area contributed by atoms with Gasteiger partial charge in [0.1, 0.15) is 12.4 Å². The highest BCUT2D eigenvalue weighted by Gasteiger charge is 2.25. The zero-order chi connectivity index (χ0) is 13.0. The van der Waals surface area contributed by atoms with Crippen LogP contribution >= 0.6 is 0 Å². The van der Waals surface area contributed by atoms with Crippen LogP contribution < -0.4 is 0 Å². The molecule has 0 aliphatic carbocycles. The van der Waals surface area contributed by atoms with Crippen LogP contribution in [0.5, 0.6) is 5.75 Å². The predicted molar refractivity (Wildman–Crippen MR) is 65.5 cm³/mol. The second-order valence-electron chi connectivity index (χ2n) is 4.09. The molecule has 0 fully saturated rings. The van der Waals surface area contributed by atoms with Crippen LogP contribution in [0, 0.1) is 0 Å². The van der Waals surface area contributed by atoms with Crippen molar-refractivity contribution in [2.24, 2.45) is 5.16 Å². The number of methoxy groups -OCH3 is 1. The number of phenolic OH excluding ortho intramolecular Hbond substituents is 1. The maximum Gasteiger partial charge on any atom is 0.306 e. The number of phenols is 1. The fraction of sp³-hybridized carbons (Fsp3) is 0.385. The van der Waals surface area contributed by atoms with Crippen LogP contribution in [0.4, 0.5) is 0 Å². The molecule has 1 aromatic rings. The van der Waals surface area contributed by atoms with E-state index in [-0.39, 0.29) is 24.1 Å². The van der Waals surface area contributed by atoms with E-state index in [1.54, 1.807) is 24.3 Å². The molecule has 1 aliphatic rings. The van der Waals surface area contributed by atoms with E-state index in [2.05, 4.69) is 5.16 Å². The molecule has 0 aromatic heterocycles. The third-order valence-corrected chi connectivity index (χ3v) is 2.93. The van der Waals surface area contributed by atoms with Crippen molar-refractivity contribution in [3.05, 3.63) is 29.8 Å². The molecule has 1 N–H and O–H groups in total. The van der Waals surface area contributed by atoms with Gasteiger partial charge in [0.05, 0.1) is 19.2 Å². The van der Waals surface area contributed by atoms with Gasteiger partial charge in [-0.3, -0.25) is 4.79 Å². The van der Waals surface area contributed by atoms with Crippen LogP contribution in [0.2, 0.25) is 0 Å². The van der Waals surface area contributed by atoms with E-state index < -0.39 is 0 Å². The Labute approximate surface area is 105 Å². The average Bonchev–Trinajstić information content (AvgIpc) is 2.90. The van der Waals surface area contributed by atoms with Gasteiger partial charge in [0.2, 0.25) is 0 Å². The van der Waals surface area contributed by atoms with E-state index in [0.29, 0.717) is 13.0 Å². The van der Waals surface area contributed by atoms with Crippen LogP contribution in [0.25, 0.3) is 0 Å². The lowest BCUT2D eigenvalue weighted by atomic mass is 9.89. The fourth-order valence-electron chi connectivity index (χ4n) is 1.95. The van der Waals surface area contributed by atoms with Gasteiger partial charge in [0.25, 0.3) is 0 Å². The molecule has 0 saturated carbocycles. The van der Waals surface area contributed by atoms with Gasteiger partial charge in [0.15, 0.2) is 0 Å². The monoisotopic (exact) mass is 249 g/mol. The SMILES string of the molecule is COC(=O)CC(C1=NOCC1)c1ccc(O)cc1. The molecule has 5 heteroatoms. The maximum atomic E-state index is 11.5. The van der Waals surface area contributed by atoms with E-state index in [1.807, 2.05) is 0 Å². The predicted octanol–water partition coefficient (Wildman–Crippen LogP) is 1.82. The van der Waals surface area contributed by atoms with Crippen LogP contribution in [0.15, 0.2) is 29.4 Å². The van der Waals surface area contributed by atoms with Crippen molar-refractivity contribution in [2.45, 2.75) is 18.8 Å². The van der Waals surface area contributed by atoms with Gasteiger partial charge in [-0.25, -0.2) is 0 Å². The van der Waals surface area contributed by atoms with Crippen molar-refractivity contribution in [3.63, 3.8) is 0 Å². The van der Waals surface area contributed by atoms with E-state index >= 15 is 0 Å². The highest BCUT2D eigenvalue weighted by atomic mass is 16.6. The third kappa shape index (κ3) is 2.80. The molecule has 0 amide bonds. The molecule has 96 valence electrons. The Morgan fingerprint density at radius 2 is 2.22 bits per heavy atom. The number of benzene rings is 1. The summed E-state index contributed by atoms with van der Waals surface area (Å²) in [4.78, 5) is 16.4. The number of hydrogen-bond acceptors (Lipinski definition) is 5. The van der Waals surface area contributed by atoms with E-state index in [9.17, 15) is 9.90 Å². The summed E-state index contributed by atoms with van der Waals surface area (Å²) in [7, 11) is 1.36. The first-order chi connectivity index (χ1) is 8.70. The number of oxime groups is 1. The molecule has 0 radical (unpaired) electrons. The van der Waals surface area contributed by atoms with Gasteiger partial charge < -0.3 is 14.7 Å². The summed E-state index contributed by atoms with van der Waals surface area (Å²) < 4.78 is 4.70. The minimum Gasteiger partial charge on any atom is -0.508 e.